The second-order valence-corrected chi connectivity index (χ2v) is 7.12. The van der Waals surface area contributed by atoms with Gasteiger partial charge in [-0.1, -0.05) is 18.2 Å². The van der Waals surface area contributed by atoms with Gasteiger partial charge in [-0.2, -0.15) is 0 Å². The minimum atomic E-state index is -0.00228. The van der Waals surface area contributed by atoms with Crippen LogP contribution >= 0.6 is 11.3 Å². The van der Waals surface area contributed by atoms with E-state index >= 15 is 0 Å². The summed E-state index contributed by atoms with van der Waals surface area (Å²) in [5, 5.41) is 1.95. The van der Waals surface area contributed by atoms with Crippen LogP contribution in [0.2, 0.25) is 0 Å². The molecule has 0 saturated heterocycles. The third kappa shape index (κ3) is 4.36. The molecular formula is C19H23NO3S. The SMILES string of the molecule is COC[C@H](C)Oc1cccc(CN(C(=O)c2cccs2)C2CC2)c1. The summed E-state index contributed by atoms with van der Waals surface area (Å²) in [6.45, 7) is 3.15. The van der Waals surface area contributed by atoms with E-state index in [0.717, 1.165) is 29.0 Å². The van der Waals surface area contributed by atoms with Crippen LogP contribution in [0.3, 0.4) is 0 Å². The van der Waals surface area contributed by atoms with Gasteiger partial charge < -0.3 is 14.4 Å². The van der Waals surface area contributed by atoms with Crippen molar-refractivity contribution in [1.29, 1.82) is 0 Å². The summed E-state index contributed by atoms with van der Waals surface area (Å²) in [6.07, 6.45) is 2.19. The molecule has 0 bridgehead atoms. The Kier molecular flexibility index (Phi) is 5.53. The molecule has 0 aliphatic heterocycles. The predicted molar refractivity (Wildman–Crippen MR) is 95.6 cm³/mol. The molecule has 1 fully saturated rings. The number of thiophene rings is 1. The first-order chi connectivity index (χ1) is 11.7. The normalized spacial score (nSPS) is 15.1. The molecule has 1 aliphatic carbocycles. The van der Waals surface area contributed by atoms with Crippen LogP contribution in [0.4, 0.5) is 0 Å². The first kappa shape index (κ1) is 17.0. The Bertz CT molecular complexity index is 667. The second-order valence-electron chi connectivity index (χ2n) is 6.17. The Morgan fingerprint density at radius 1 is 1.33 bits per heavy atom. The lowest BCUT2D eigenvalue weighted by Gasteiger charge is -2.22. The minimum absolute atomic E-state index is 0.00228. The molecule has 1 saturated carbocycles. The van der Waals surface area contributed by atoms with Crippen molar-refractivity contribution in [3.05, 3.63) is 52.2 Å². The summed E-state index contributed by atoms with van der Waals surface area (Å²) in [6, 6.07) is 12.2. The number of hydrogen-bond donors (Lipinski definition) is 0. The van der Waals surface area contributed by atoms with E-state index in [0.29, 0.717) is 19.2 Å². The molecule has 4 nitrogen and oxygen atoms in total. The topological polar surface area (TPSA) is 38.8 Å². The Balaban J connectivity index is 1.70. The Morgan fingerprint density at radius 3 is 2.83 bits per heavy atom. The maximum atomic E-state index is 12.7. The number of hydrogen-bond acceptors (Lipinski definition) is 4. The molecule has 0 unspecified atom stereocenters. The minimum Gasteiger partial charge on any atom is -0.488 e. The molecule has 3 rings (SSSR count). The van der Waals surface area contributed by atoms with Crippen molar-refractivity contribution in [2.45, 2.75) is 38.5 Å². The van der Waals surface area contributed by atoms with E-state index in [1.54, 1.807) is 7.11 Å². The van der Waals surface area contributed by atoms with Crippen molar-refractivity contribution >= 4 is 17.2 Å². The predicted octanol–water partition coefficient (Wildman–Crippen LogP) is 3.97. The van der Waals surface area contributed by atoms with Crippen LogP contribution < -0.4 is 4.74 Å². The van der Waals surface area contributed by atoms with Crippen molar-refractivity contribution in [1.82, 2.24) is 4.90 Å². The highest BCUT2D eigenvalue weighted by Crippen LogP contribution is 2.31. The fraction of sp³-hybridized carbons (Fsp3) is 0.421. The summed E-state index contributed by atoms with van der Waals surface area (Å²) in [5.41, 5.74) is 1.09. The van der Waals surface area contributed by atoms with E-state index in [1.165, 1.54) is 11.3 Å². The van der Waals surface area contributed by atoms with Gasteiger partial charge in [-0.3, -0.25) is 4.79 Å². The Morgan fingerprint density at radius 2 is 2.17 bits per heavy atom. The summed E-state index contributed by atoms with van der Waals surface area (Å²) in [4.78, 5) is 15.5. The van der Waals surface area contributed by atoms with E-state index in [2.05, 4.69) is 0 Å². The molecule has 5 heteroatoms. The first-order valence-electron chi connectivity index (χ1n) is 8.26. The summed E-state index contributed by atoms with van der Waals surface area (Å²) in [5.74, 6) is 0.947. The quantitative estimate of drug-likeness (QED) is 0.727. The number of rotatable bonds is 8. The molecule has 128 valence electrons. The lowest BCUT2D eigenvalue weighted by atomic mass is 10.2. The first-order valence-corrected chi connectivity index (χ1v) is 9.14. The highest BCUT2D eigenvalue weighted by Gasteiger charge is 2.33. The van der Waals surface area contributed by atoms with E-state index in [1.807, 2.05) is 53.6 Å². The number of ether oxygens (including phenoxy) is 2. The lowest BCUT2D eigenvalue weighted by molar-refractivity contribution is 0.0734. The molecule has 1 aromatic carbocycles. The van der Waals surface area contributed by atoms with Crippen LogP contribution in [-0.2, 0) is 11.3 Å². The fourth-order valence-electron chi connectivity index (χ4n) is 2.71. The molecule has 0 N–H and O–H groups in total. The smallest absolute Gasteiger partial charge is 0.264 e. The molecule has 1 amide bonds. The van der Waals surface area contributed by atoms with Gasteiger partial charge in [0.05, 0.1) is 11.5 Å². The van der Waals surface area contributed by atoms with Gasteiger partial charge in [0.25, 0.3) is 5.91 Å². The van der Waals surface area contributed by atoms with Gasteiger partial charge in [0.1, 0.15) is 11.9 Å². The summed E-state index contributed by atoms with van der Waals surface area (Å²) < 4.78 is 11.0. The van der Waals surface area contributed by atoms with Crippen LogP contribution in [0.15, 0.2) is 41.8 Å². The number of amides is 1. The molecular weight excluding hydrogens is 322 g/mol. The van der Waals surface area contributed by atoms with Crippen LogP contribution in [0.1, 0.15) is 35.0 Å². The molecule has 24 heavy (non-hydrogen) atoms. The average molecular weight is 345 g/mol. The average Bonchev–Trinajstić information content (AvgIpc) is 3.26. The molecule has 1 atom stereocenters. The van der Waals surface area contributed by atoms with Gasteiger partial charge in [-0.05, 0) is 48.9 Å². The number of nitrogens with zero attached hydrogens (tertiary/aromatic N) is 1. The van der Waals surface area contributed by atoms with Crippen LogP contribution in [0.25, 0.3) is 0 Å². The van der Waals surface area contributed by atoms with Crippen molar-refractivity contribution in [3.63, 3.8) is 0 Å². The monoisotopic (exact) mass is 345 g/mol. The largest absolute Gasteiger partial charge is 0.488 e. The Hall–Kier alpha value is -1.85. The molecule has 1 heterocycles. The van der Waals surface area contributed by atoms with Gasteiger partial charge in [0.15, 0.2) is 0 Å². The zero-order valence-corrected chi connectivity index (χ0v) is 14.9. The second kappa shape index (κ2) is 7.81. The van der Waals surface area contributed by atoms with E-state index < -0.39 is 0 Å². The number of carbonyl (C=O) groups excluding carboxylic acids is 1. The number of carbonyl (C=O) groups is 1. The number of benzene rings is 1. The molecule has 1 aromatic heterocycles. The van der Waals surface area contributed by atoms with Crippen molar-refractivity contribution < 1.29 is 14.3 Å². The highest BCUT2D eigenvalue weighted by molar-refractivity contribution is 7.12. The van der Waals surface area contributed by atoms with Crippen LogP contribution in [0, 0.1) is 0 Å². The van der Waals surface area contributed by atoms with Crippen LogP contribution in [-0.4, -0.2) is 36.7 Å². The van der Waals surface area contributed by atoms with E-state index in [9.17, 15) is 4.79 Å². The maximum Gasteiger partial charge on any atom is 0.264 e. The van der Waals surface area contributed by atoms with E-state index in [4.69, 9.17) is 9.47 Å². The van der Waals surface area contributed by atoms with Gasteiger partial charge in [-0.15, -0.1) is 11.3 Å². The third-order valence-electron chi connectivity index (χ3n) is 3.97. The lowest BCUT2D eigenvalue weighted by Crippen LogP contribution is -2.32. The maximum absolute atomic E-state index is 12.7. The van der Waals surface area contributed by atoms with Gasteiger partial charge in [-0.25, -0.2) is 0 Å². The van der Waals surface area contributed by atoms with Gasteiger partial charge in [0, 0.05) is 19.7 Å². The molecule has 0 spiro atoms. The number of methoxy groups -OCH3 is 1. The van der Waals surface area contributed by atoms with Crippen molar-refractivity contribution in [3.8, 4) is 5.75 Å². The Labute approximate surface area is 147 Å². The zero-order chi connectivity index (χ0) is 16.9. The van der Waals surface area contributed by atoms with Gasteiger partial charge >= 0.3 is 0 Å². The van der Waals surface area contributed by atoms with Crippen molar-refractivity contribution in [2.75, 3.05) is 13.7 Å². The zero-order valence-electron chi connectivity index (χ0n) is 14.1. The third-order valence-corrected chi connectivity index (χ3v) is 4.83. The van der Waals surface area contributed by atoms with E-state index in [-0.39, 0.29) is 12.0 Å². The van der Waals surface area contributed by atoms with Crippen LogP contribution in [0.5, 0.6) is 5.75 Å². The summed E-state index contributed by atoms with van der Waals surface area (Å²) >= 11 is 1.50. The highest BCUT2D eigenvalue weighted by atomic mass is 32.1. The molecule has 0 radical (unpaired) electrons. The van der Waals surface area contributed by atoms with Gasteiger partial charge in [0.2, 0.25) is 0 Å². The standard InChI is InChI=1S/C19H23NO3S/c1-14(13-22-2)23-17-6-3-5-15(11-17)12-20(16-8-9-16)19(21)18-7-4-10-24-18/h3-7,10-11,14,16H,8-9,12-13H2,1-2H3/t14-/m0/s1. The van der Waals surface area contributed by atoms with Crippen molar-refractivity contribution in [2.24, 2.45) is 0 Å². The fourth-order valence-corrected chi connectivity index (χ4v) is 3.39. The summed E-state index contributed by atoms with van der Waals surface area (Å²) in [7, 11) is 1.67. The molecule has 2 aromatic rings. The molecule has 1 aliphatic rings.